The first kappa shape index (κ1) is 28.9. The average molecular weight is 583 g/mol. The van der Waals surface area contributed by atoms with Gasteiger partial charge < -0.3 is 10.1 Å². The van der Waals surface area contributed by atoms with Gasteiger partial charge in [0.05, 0.1) is 12.3 Å². The van der Waals surface area contributed by atoms with Crippen molar-refractivity contribution in [1.82, 2.24) is 10.2 Å². The van der Waals surface area contributed by atoms with Crippen LogP contribution in [0.15, 0.2) is 42.5 Å². The van der Waals surface area contributed by atoms with Crippen molar-refractivity contribution in [2.75, 3.05) is 11.0 Å². The number of anilines is 1. The molecule has 218 valence electrons. The summed E-state index contributed by atoms with van der Waals surface area (Å²) in [4.78, 5) is 28.3. The zero-order valence-corrected chi connectivity index (χ0v) is 24.5. The minimum Gasteiger partial charge on any atom is -0.444 e. The number of ether oxygens (including phenoxy) is 1. The van der Waals surface area contributed by atoms with Crippen molar-refractivity contribution in [2.24, 2.45) is 23.7 Å². The highest BCUT2D eigenvalue weighted by atomic mass is 32.2. The number of carbonyl (C=O) groups is 2. The second-order valence-electron chi connectivity index (χ2n) is 12.5. The molecule has 2 amide bonds. The zero-order chi connectivity index (χ0) is 29.9. The Bertz CT molecular complexity index is 1530. The standard InChI is InChI=1S/C30H35FN4O5S/c1-16-25-22-14-24(26(16)25)35(29(37)40-30(2,3)4)27(22)28(36)33-21(15-32)12-19-10-9-18(13-23(19)31)17-7-6-8-20(11-17)34-41(5,38)39/h6-11,13,16,21-22,24-27,34H,12,14H2,1-5H3,(H,33,36)/t16-,21-,22+,24-,25-,26+,27-/m0/s1. The van der Waals surface area contributed by atoms with Gasteiger partial charge in [0, 0.05) is 18.2 Å². The fourth-order valence-corrected chi connectivity index (χ4v) is 7.37. The SMILES string of the molecule is C[C@H]1[C@H]2[C@H]3C[C@@H]([C@@H]12)N(C(=O)OC(C)(C)C)[C@@H]3C(=O)N[C@H](C#N)Cc1ccc(-c2cccc(NS(C)(=O)=O)c2)cc1F. The number of halogens is 1. The van der Waals surface area contributed by atoms with E-state index in [1.807, 2.05) is 0 Å². The van der Waals surface area contributed by atoms with Crippen LogP contribution in [0.1, 0.15) is 39.7 Å². The molecule has 1 saturated heterocycles. The molecule has 3 aliphatic rings. The molecule has 2 aromatic rings. The molecular weight excluding hydrogens is 547 g/mol. The smallest absolute Gasteiger partial charge is 0.411 e. The van der Waals surface area contributed by atoms with Crippen LogP contribution in [0.3, 0.4) is 0 Å². The Labute approximate surface area is 240 Å². The first-order valence-corrected chi connectivity index (χ1v) is 15.6. The molecule has 9 nitrogen and oxygen atoms in total. The van der Waals surface area contributed by atoms with Crippen LogP contribution in [-0.2, 0) is 26.0 Å². The Balaban J connectivity index is 1.30. The van der Waals surface area contributed by atoms with Crippen LogP contribution in [0.25, 0.3) is 11.1 Å². The Morgan fingerprint density at radius 1 is 1.17 bits per heavy atom. The zero-order valence-electron chi connectivity index (χ0n) is 23.7. The van der Waals surface area contributed by atoms with Gasteiger partial charge >= 0.3 is 6.09 Å². The summed E-state index contributed by atoms with van der Waals surface area (Å²) < 4.78 is 46.3. The molecule has 0 aromatic heterocycles. The van der Waals surface area contributed by atoms with Gasteiger partial charge in [0.1, 0.15) is 23.5 Å². The summed E-state index contributed by atoms with van der Waals surface area (Å²) in [6, 6.07) is 11.4. The summed E-state index contributed by atoms with van der Waals surface area (Å²) in [5, 5.41) is 12.6. The Morgan fingerprint density at radius 2 is 1.88 bits per heavy atom. The molecule has 41 heavy (non-hydrogen) atoms. The van der Waals surface area contributed by atoms with Crippen molar-refractivity contribution in [3.05, 3.63) is 53.8 Å². The predicted molar refractivity (Wildman–Crippen MR) is 151 cm³/mol. The number of nitrogens with zero attached hydrogens (tertiary/aromatic N) is 2. The molecule has 2 aromatic carbocycles. The van der Waals surface area contributed by atoms with Crippen LogP contribution in [0.5, 0.6) is 0 Å². The third-order valence-electron chi connectivity index (χ3n) is 8.35. The molecule has 7 atom stereocenters. The van der Waals surface area contributed by atoms with E-state index in [1.165, 1.54) is 6.07 Å². The fraction of sp³-hybridized carbons (Fsp3) is 0.500. The first-order chi connectivity index (χ1) is 19.2. The number of fused-ring (bicyclic) bond motifs is 5. The Morgan fingerprint density at radius 3 is 2.51 bits per heavy atom. The highest BCUT2D eigenvalue weighted by molar-refractivity contribution is 7.92. The lowest BCUT2D eigenvalue weighted by molar-refractivity contribution is -0.128. The van der Waals surface area contributed by atoms with E-state index < -0.39 is 45.5 Å². The number of amides is 2. The largest absolute Gasteiger partial charge is 0.444 e. The predicted octanol–water partition coefficient (Wildman–Crippen LogP) is 4.30. The van der Waals surface area contributed by atoms with Crippen molar-refractivity contribution in [3.63, 3.8) is 0 Å². The summed E-state index contributed by atoms with van der Waals surface area (Å²) >= 11 is 0. The molecule has 0 spiro atoms. The number of nitriles is 1. The number of hydrogen-bond acceptors (Lipinski definition) is 6. The minimum absolute atomic E-state index is 0.0100. The number of benzene rings is 2. The van der Waals surface area contributed by atoms with E-state index in [0.29, 0.717) is 34.6 Å². The third-order valence-corrected chi connectivity index (χ3v) is 8.96. The lowest BCUT2D eigenvalue weighted by Gasteiger charge is -2.35. The number of rotatable bonds is 7. The normalized spacial score (nSPS) is 27.0. The van der Waals surface area contributed by atoms with Crippen LogP contribution in [0.2, 0.25) is 0 Å². The molecule has 0 unspecified atom stereocenters. The van der Waals surface area contributed by atoms with Gasteiger partial charge in [0.2, 0.25) is 15.9 Å². The minimum atomic E-state index is -3.46. The summed E-state index contributed by atoms with van der Waals surface area (Å²) in [6.45, 7) is 7.49. The molecule has 2 saturated carbocycles. The van der Waals surface area contributed by atoms with E-state index >= 15 is 4.39 Å². The number of likely N-dealkylation sites (tertiary alicyclic amines) is 1. The van der Waals surface area contributed by atoms with Gasteiger partial charge in [0.15, 0.2) is 0 Å². The average Bonchev–Trinajstić information content (AvgIpc) is 3.21. The lowest BCUT2D eigenvalue weighted by atomic mass is 9.94. The van der Waals surface area contributed by atoms with Crippen LogP contribution >= 0.6 is 0 Å². The van der Waals surface area contributed by atoms with Crippen molar-refractivity contribution in [1.29, 1.82) is 5.26 Å². The van der Waals surface area contributed by atoms with E-state index in [4.69, 9.17) is 4.74 Å². The van der Waals surface area contributed by atoms with Crippen molar-refractivity contribution < 1.29 is 27.1 Å². The summed E-state index contributed by atoms with van der Waals surface area (Å²) in [5.41, 5.74) is 1.04. The third kappa shape index (κ3) is 5.89. The summed E-state index contributed by atoms with van der Waals surface area (Å²) in [6.07, 6.45) is 1.22. The fourth-order valence-electron chi connectivity index (χ4n) is 6.81. The number of hydrogen-bond donors (Lipinski definition) is 2. The van der Waals surface area contributed by atoms with Crippen LogP contribution in [0, 0.1) is 40.8 Å². The molecule has 1 heterocycles. The quantitative estimate of drug-likeness (QED) is 0.501. The van der Waals surface area contributed by atoms with Crippen molar-refractivity contribution in [3.8, 4) is 17.2 Å². The van der Waals surface area contributed by atoms with Gasteiger partial charge in [-0.25, -0.2) is 17.6 Å². The number of piperidine rings is 1. The van der Waals surface area contributed by atoms with E-state index in [1.54, 1.807) is 62.1 Å². The van der Waals surface area contributed by atoms with Gasteiger partial charge in [-0.1, -0.05) is 31.2 Å². The first-order valence-electron chi connectivity index (χ1n) is 13.7. The summed E-state index contributed by atoms with van der Waals surface area (Å²) in [7, 11) is -3.46. The van der Waals surface area contributed by atoms with Gasteiger partial charge in [-0.2, -0.15) is 5.26 Å². The number of sulfonamides is 1. The monoisotopic (exact) mass is 582 g/mol. The Hall–Kier alpha value is -3.65. The summed E-state index contributed by atoms with van der Waals surface area (Å²) in [5.74, 6) is 0.229. The van der Waals surface area contributed by atoms with E-state index in [0.717, 1.165) is 12.7 Å². The Kier molecular flexibility index (Phi) is 7.26. The topological polar surface area (TPSA) is 129 Å². The van der Waals surface area contributed by atoms with E-state index in [2.05, 4.69) is 23.0 Å². The van der Waals surface area contributed by atoms with E-state index in [9.17, 15) is 23.3 Å². The van der Waals surface area contributed by atoms with Gasteiger partial charge in [-0.05, 0) is 85.8 Å². The lowest BCUT2D eigenvalue weighted by Crippen LogP contribution is -2.56. The number of nitrogens with one attached hydrogen (secondary N) is 2. The number of carbonyl (C=O) groups excluding carboxylic acids is 2. The molecular formula is C30H35FN4O5S. The molecule has 0 radical (unpaired) electrons. The molecule has 3 fully saturated rings. The van der Waals surface area contributed by atoms with E-state index in [-0.39, 0.29) is 23.9 Å². The van der Waals surface area contributed by atoms with Gasteiger partial charge in [-0.15, -0.1) is 0 Å². The molecule has 11 heteroatoms. The second kappa shape index (κ2) is 10.3. The highest BCUT2D eigenvalue weighted by Crippen LogP contribution is 2.67. The van der Waals surface area contributed by atoms with Gasteiger partial charge in [-0.3, -0.25) is 14.4 Å². The molecule has 5 rings (SSSR count). The van der Waals surface area contributed by atoms with Crippen molar-refractivity contribution in [2.45, 2.75) is 64.3 Å². The van der Waals surface area contributed by atoms with Crippen LogP contribution in [-0.4, -0.2) is 55.3 Å². The maximum Gasteiger partial charge on any atom is 0.411 e. The van der Waals surface area contributed by atoms with Gasteiger partial charge in [0.25, 0.3) is 0 Å². The molecule has 2 bridgehead atoms. The molecule has 1 aliphatic heterocycles. The molecule has 2 aliphatic carbocycles. The van der Waals surface area contributed by atoms with Crippen LogP contribution < -0.4 is 10.0 Å². The maximum absolute atomic E-state index is 15.2. The van der Waals surface area contributed by atoms with Crippen molar-refractivity contribution >= 4 is 27.7 Å². The van der Waals surface area contributed by atoms with Crippen LogP contribution in [0.4, 0.5) is 14.9 Å². The molecule has 2 N–H and O–H groups in total. The highest BCUT2D eigenvalue weighted by Gasteiger charge is 2.71. The maximum atomic E-state index is 15.2. The second-order valence-corrected chi connectivity index (χ2v) is 14.2.